The number of morpholine rings is 1. The number of nitrogens with zero attached hydrogens (tertiary/aromatic N) is 2. The van der Waals surface area contributed by atoms with Crippen LogP contribution in [-0.2, 0) is 4.74 Å². The molecule has 1 rings (SSSR count). The molecule has 1 fully saturated rings. The summed E-state index contributed by atoms with van der Waals surface area (Å²) >= 11 is 0. The van der Waals surface area contributed by atoms with E-state index in [9.17, 15) is 0 Å². The maximum atomic E-state index is 5.84. The van der Waals surface area contributed by atoms with Crippen LogP contribution < -0.4 is 10.6 Å². The van der Waals surface area contributed by atoms with Gasteiger partial charge in [-0.15, -0.1) is 24.0 Å². The van der Waals surface area contributed by atoms with Crippen molar-refractivity contribution >= 4 is 29.9 Å². The molecule has 22 heavy (non-hydrogen) atoms. The first-order chi connectivity index (χ1) is 10.2. The Morgan fingerprint density at radius 2 is 2.09 bits per heavy atom. The molecule has 1 unspecified atom stereocenters. The quantitative estimate of drug-likeness (QED) is 0.271. The molecule has 0 aliphatic carbocycles. The van der Waals surface area contributed by atoms with E-state index in [0.29, 0.717) is 5.92 Å². The average molecular weight is 426 g/mol. The van der Waals surface area contributed by atoms with Gasteiger partial charge < -0.3 is 15.4 Å². The van der Waals surface area contributed by atoms with Gasteiger partial charge in [0.05, 0.1) is 19.3 Å². The van der Waals surface area contributed by atoms with E-state index in [1.807, 2.05) is 0 Å². The summed E-state index contributed by atoms with van der Waals surface area (Å²) in [5.74, 6) is 1.62. The number of guanidine groups is 1. The second-order valence-corrected chi connectivity index (χ2v) is 6.15. The Kier molecular flexibility index (Phi) is 13.3. The molecule has 1 aliphatic heterocycles. The Balaban J connectivity index is 0.00000441. The molecule has 0 aromatic heterocycles. The van der Waals surface area contributed by atoms with E-state index in [4.69, 9.17) is 4.74 Å². The van der Waals surface area contributed by atoms with E-state index >= 15 is 0 Å². The molecule has 0 aromatic rings. The van der Waals surface area contributed by atoms with Gasteiger partial charge in [-0.1, -0.05) is 27.2 Å². The molecule has 0 radical (unpaired) electrons. The van der Waals surface area contributed by atoms with Gasteiger partial charge in [0.1, 0.15) is 0 Å². The zero-order valence-corrected chi connectivity index (χ0v) is 17.1. The van der Waals surface area contributed by atoms with Crippen LogP contribution in [-0.4, -0.2) is 62.8 Å². The molecule has 132 valence electrons. The van der Waals surface area contributed by atoms with E-state index in [0.717, 1.165) is 51.8 Å². The predicted octanol–water partition coefficient (Wildman–Crippen LogP) is 2.32. The lowest BCUT2D eigenvalue weighted by Gasteiger charge is -2.33. The summed E-state index contributed by atoms with van der Waals surface area (Å²) in [6.45, 7) is 15.5. The minimum absolute atomic E-state index is 0. The van der Waals surface area contributed by atoms with Gasteiger partial charge in [-0.3, -0.25) is 9.89 Å². The highest BCUT2D eigenvalue weighted by Gasteiger charge is 2.20. The lowest BCUT2D eigenvalue weighted by atomic mass is 10.2. The number of halogens is 1. The lowest BCUT2D eigenvalue weighted by molar-refractivity contribution is -0.0261. The average Bonchev–Trinajstić information content (AvgIpc) is 2.44. The van der Waals surface area contributed by atoms with Gasteiger partial charge in [0.2, 0.25) is 0 Å². The molecule has 0 aromatic carbocycles. The number of unbranched alkanes of at least 4 members (excludes halogenated alkanes) is 1. The van der Waals surface area contributed by atoms with Crippen molar-refractivity contribution in [3.05, 3.63) is 0 Å². The van der Waals surface area contributed by atoms with Crippen LogP contribution in [0.15, 0.2) is 4.99 Å². The van der Waals surface area contributed by atoms with Crippen LogP contribution in [0, 0.1) is 5.92 Å². The van der Waals surface area contributed by atoms with Gasteiger partial charge in [-0.25, -0.2) is 0 Å². The van der Waals surface area contributed by atoms with Crippen LogP contribution in [0.5, 0.6) is 0 Å². The Labute approximate surface area is 153 Å². The summed E-state index contributed by atoms with van der Waals surface area (Å²) in [4.78, 5) is 7.16. The zero-order valence-electron chi connectivity index (χ0n) is 14.7. The highest BCUT2D eigenvalue weighted by molar-refractivity contribution is 14.0. The van der Waals surface area contributed by atoms with Crippen molar-refractivity contribution in [1.82, 2.24) is 15.5 Å². The van der Waals surface area contributed by atoms with E-state index in [2.05, 4.69) is 48.2 Å². The van der Waals surface area contributed by atoms with Gasteiger partial charge in [0.15, 0.2) is 5.96 Å². The first-order valence-electron chi connectivity index (χ1n) is 8.51. The Bertz CT molecular complexity index is 300. The van der Waals surface area contributed by atoms with Crippen LogP contribution in [0.25, 0.3) is 0 Å². The van der Waals surface area contributed by atoms with Gasteiger partial charge in [0, 0.05) is 32.7 Å². The summed E-state index contributed by atoms with van der Waals surface area (Å²) in [6, 6.07) is 0. The smallest absolute Gasteiger partial charge is 0.191 e. The summed E-state index contributed by atoms with van der Waals surface area (Å²) < 4.78 is 5.84. The molecular weight excluding hydrogens is 391 g/mol. The van der Waals surface area contributed by atoms with Gasteiger partial charge in [0.25, 0.3) is 0 Å². The van der Waals surface area contributed by atoms with E-state index in [1.54, 1.807) is 0 Å². The van der Waals surface area contributed by atoms with E-state index in [-0.39, 0.29) is 30.1 Å². The molecule has 0 bridgehead atoms. The van der Waals surface area contributed by atoms with Crippen molar-refractivity contribution in [1.29, 1.82) is 0 Å². The summed E-state index contributed by atoms with van der Waals surface area (Å²) in [7, 11) is 0. The fourth-order valence-corrected chi connectivity index (χ4v) is 2.49. The molecular formula is C16H35IN4O. The lowest BCUT2D eigenvalue weighted by Crippen LogP contribution is -2.46. The molecule has 0 spiro atoms. The normalized spacial score (nSPS) is 19.9. The zero-order chi connectivity index (χ0) is 15.5. The van der Waals surface area contributed by atoms with Crippen molar-refractivity contribution in [3.8, 4) is 0 Å². The Morgan fingerprint density at radius 1 is 1.32 bits per heavy atom. The van der Waals surface area contributed by atoms with Crippen LogP contribution in [0.4, 0.5) is 0 Å². The van der Waals surface area contributed by atoms with E-state index < -0.39 is 0 Å². The molecule has 0 saturated carbocycles. The van der Waals surface area contributed by atoms with Crippen molar-refractivity contribution < 1.29 is 4.74 Å². The maximum absolute atomic E-state index is 5.84. The van der Waals surface area contributed by atoms with Crippen molar-refractivity contribution in [2.24, 2.45) is 10.9 Å². The highest BCUT2D eigenvalue weighted by Crippen LogP contribution is 2.08. The van der Waals surface area contributed by atoms with Crippen molar-refractivity contribution in [2.45, 2.75) is 46.6 Å². The number of hydrogen-bond acceptors (Lipinski definition) is 3. The largest absolute Gasteiger partial charge is 0.374 e. The van der Waals surface area contributed by atoms with Crippen LogP contribution >= 0.6 is 24.0 Å². The molecule has 0 amide bonds. The summed E-state index contributed by atoms with van der Waals surface area (Å²) in [5.41, 5.74) is 0. The van der Waals surface area contributed by atoms with Crippen LogP contribution in [0.3, 0.4) is 0 Å². The highest BCUT2D eigenvalue weighted by atomic mass is 127. The van der Waals surface area contributed by atoms with Crippen molar-refractivity contribution in [2.75, 3.05) is 45.9 Å². The topological polar surface area (TPSA) is 48.9 Å². The first kappa shape index (κ1) is 21.9. The monoisotopic (exact) mass is 426 g/mol. The van der Waals surface area contributed by atoms with E-state index in [1.165, 1.54) is 12.8 Å². The molecule has 1 aliphatic rings. The minimum Gasteiger partial charge on any atom is -0.374 e. The van der Waals surface area contributed by atoms with Crippen LogP contribution in [0.2, 0.25) is 0 Å². The van der Waals surface area contributed by atoms with Gasteiger partial charge >= 0.3 is 0 Å². The summed E-state index contributed by atoms with van der Waals surface area (Å²) in [5, 5.41) is 6.67. The Hall–Kier alpha value is -0.0800. The molecule has 2 N–H and O–H groups in total. The number of aliphatic imine (C=N–C) groups is 1. The second-order valence-electron chi connectivity index (χ2n) is 6.15. The molecule has 6 heteroatoms. The number of ether oxygens (including phenoxy) is 1. The second kappa shape index (κ2) is 13.4. The predicted molar refractivity (Wildman–Crippen MR) is 105 cm³/mol. The summed E-state index contributed by atoms with van der Waals surface area (Å²) in [6.07, 6.45) is 2.59. The number of rotatable bonds is 8. The maximum Gasteiger partial charge on any atom is 0.191 e. The number of hydrogen-bond donors (Lipinski definition) is 2. The fourth-order valence-electron chi connectivity index (χ4n) is 2.49. The standard InChI is InChI=1S/C16H34N4O.HI/c1-5-7-8-18-16(17-6-2)19-11-15-13-20(9-10-21-15)12-14(3)4;/h14-15H,5-13H2,1-4H3,(H2,17,18,19);1H. The molecule has 5 nitrogen and oxygen atoms in total. The first-order valence-corrected chi connectivity index (χ1v) is 8.51. The molecule has 1 saturated heterocycles. The van der Waals surface area contributed by atoms with Gasteiger partial charge in [-0.05, 0) is 19.3 Å². The fraction of sp³-hybridized carbons (Fsp3) is 0.938. The molecule has 1 heterocycles. The van der Waals surface area contributed by atoms with Gasteiger partial charge in [-0.2, -0.15) is 0 Å². The molecule has 1 atom stereocenters. The van der Waals surface area contributed by atoms with Crippen molar-refractivity contribution in [3.63, 3.8) is 0 Å². The minimum atomic E-state index is 0. The SMILES string of the molecule is CCCCNC(=NCC1CN(CC(C)C)CCO1)NCC.I. The van der Waals surface area contributed by atoms with Crippen LogP contribution in [0.1, 0.15) is 40.5 Å². The third-order valence-corrected chi connectivity index (χ3v) is 3.47. The number of nitrogens with one attached hydrogen (secondary N) is 2. The third-order valence-electron chi connectivity index (χ3n) is 3.47. The Morgan fingerprint density at radius 3 is 2.73 bits per heavy atom. The third kappa shape index (κ3) is 9.84.